The van der Waals surface area contributed by atoms with Crippen molar-refractivity contribution >= 4 is 27.8 Å². The zero-order valence-corrected chi connectivity index (χ0v) is 19.0. The first-order valence-corrected chi connectivity index (χ1v) is 12.3. The van der Waals surface area contributed by atoms with Gasteiger partial charge in [0.2, 0.25) is 33.8 Å². The van der Waals surface area contributed by atoms with Crippen LogP contribution in [0.15, 0.2) is 18.3 Å². The number of rotatable bonds is 6. The molecule has 0 bridgehead atoms. The Morgan fingerprint density at radius 1 is 1.09 bits per heavy atom. The molecule has 0 unspecified atom stereocenters. The van der Waals surface area contributed by atoms with Gasteiger partial charge in [0.05, 0.1) is 26.0 Å². The standard InChI is InChI=1S/C19H25FN8O4S/c1-33(30,31)28-6-4-26(5-7-28)16(29)13-22-18-23-17(14-2-3-15(20)21-12-14)24-19(25-18)27-8-10-32-11-9-27/h2-3,12H,4-11,13H2,1H3,(H,22,23,24,25). The van der Waals surface area contributed by atoms with Crippen molar-refractivity contribution in [1.29, 1.82) is 0 Å². The number of carbonyl (C=O) groups excluding carboxylic acids is 1. The monoisotopic (exact) mass is 480 g/mol. The molecule has 4 rings (SSSR count). The number of piperazine rings is 1. The van der Waals surface area contributed by atoms with E-state index in [9.17, 15) is 17.6 Å². The first-order valence-electron chi connectivity index (χ1n) is 10.5. The molecule has 4 heterocycles. The lowest BCUT2D eigenvalue weighted by Crippen LogP contribution is -2.51. The van der Waals surface area contributed by atoms with Crippen LogP contribution in [0.25, 0.3) is 11.4 Å². The Labute approximate surface area is 190 Å². The van der Waals surface area contributed by atoms with Crippen LogP contribution >= 0.6 is 0 Å². The Morgan fingerprint density at radius 3 is 2.45 bits per heavy atom. The number of pyridine rings is 1. The van der Waals surface area contributed by atoms with Crippen molar-refractivity contribution in [2.75, 3.05) is 75.5 Å². The predicted octanol–water partition coefficient (Wildman–Crippen LogP) is -0.575. The Kier molecular flexibility index (Phi) is 6.95. The number of halogens is 1. The molecule has 0 saturated carbocycles. The number of carbonyl (C=O) groups is 1. The van der Waals surface area contributed by atoms with E-state index in [2.05, 4.69) is 25.3 Å². The Hall–Kier alpha value is -2.97. The first kappa shape index (κ1) is 23.2. The lowest BCUT2D eigenvalue weighted by molar-refractivity contribution is -0.130. The van der Waals surface area contributed by atoms with Crippen LogP contribution in [0.5, 0.6) is 0 Å². The highest BCUT2D eigenvalue weighted by atomic mass is 32.2. The molecule has 2 aromatic heterocycles. The fraction of sp³-hybridized carbons (Fsp3) is 0.526. The Morgan fingerprint density at radius 2 is 1.82 bits per heavy atom. The van der Waals surface area contributed by atoms with Crippen LogP contribution in [0.2, 0.25) is 0 Å². The number of amides is 1. The van der Waals surface area contributed by atoms with Crippen molar-refractivity contribution in [2.45, 2.75) is 0 Å². The zero-order valence-electron chi connectivity index (χ0n) is 18.1. The van der Waals surface area contributed by atoms with Gasteiger partial charge >= 0.3 is 0 Å². The number of hydrogen-bond acceptors (Lipinski definition) is 10. The van der Waals surface area contributed by atoms with Crippen LogP contribution < -0.4 is 10.2 Å². The average Bonchev–Trinajstić information content (AvgIpc) is 2.83. The molecule has 14 heteroatoms. The third-order valence-corrected chi connectivity index (χ3v) is 6.66. The first-order chi connectivity index (χ1) is 15.8. The van der Waals surface area contributed by atoms with Crippen molar-refractivity contribution in [3.8, 4) is 11.4 Å². The van der Waals surface area contributed by atoms with Gasteiger partial charge < -0.3 is 19.9 Å². The average molecular weight is 481 g/mol. The molecule has 0 radical (unpaired) electrons. The molecule has 2 saturated heterocycles. The van der Waals surface area contributed by atoms with Crippen LogP contribution in [0, 0.1) is 5.95 Å². The van der Waals surface area contributed by atoms with E-state index in [0.29, 0.717) is 56.7 Å². The van der Waals surface area contributed by atoms with Crippen molar-refractivity contribution in [1.82, 2.24) is 29.1 Å². The second-order valence-electron chi connectivity index (χ2n) is 7.65. The Balaban J connectivity index is 1.47. The lowest BCUT2D eigenvalue weighted by Gasteiger charge is -2.33. The molecule has 0 aliphatic carbocycles. The van der Waals surface area contributed by atoms with Gasteiger partial charge in [-0.2, -0.15) is 23.6 Å². The number of morpholine rings is 1. The summed E-state index contributed by atoms with van der Waals surface area (Å²) in [4.78, 5) is 33.2. The summed E-state index contributed by atoms with van der Waals surface area (Å²) in [7, 11) is -3.27. The number of anilines is 2. The number of ether oxygens (including phenoxy) is 1. The van der Waals surface area contributed by atoms with Gasteiger partial charge in [0.25, 0.3) is 0 Å². The summed E-state index contributed by atoms with van der Waals surface area (Å²) in [6.45, 7) is 3.39. The summed E-state index contributed by atoms with van der Waals surface area (Å²) in [5.74, 6) is 0.122. The third kappa shape index (κ3) is 5.89. The van der Waals surface area contributed by atoms with Crippen LogP contribution in [0.4, 0.5) is 16.3 Å². The van der Waals surface area contributed by atoms with Gasteiger partial charge in [0.1, 0.15) is 0 Å². The minimum Gasteiger partial charge on any atom is -0.378 e. The molecule has 33 heavy (non-hydrogen) atoms. The molecule has 2 aromatic rings. The molecule has 2 aliphatic rings. The van der Waals surface area contributed by atoms with Gasteiger partial charge in [-0.1, -0.05) is 0 Å². The summed E-state index contributed by atoms with van der Waals surface area (Å²) >= 11 is 0. The van der Waals surface area contributed by atoms with Crippen LogP contribution in [-0.2, 0) is 19.6 Å². The number of hydrogen-bond donors (Lipinski definition) is 1. The summed E-state index contributed by atoms with van der Waals surface area (Å²) in [6.07, 6.45) is 2.50. The van der Waals surface area contributed by atoms with Crippen molar-refractivity contribution in [3.05, 3.63) is 24.3 Å². The molecule has 1 amide bonds. The van der Waals surface area contributed by atoms with Crippen LogP contribution in [-0.4, -0.2) is 109 Å². The highest BCUT2D eigenvalue weighted by Crippen LogP contribution is 2.20. The molecular formula is C19H25FN8O4S. The Bertz CT molecular complexity index is 1090. The van der Waals surface area contributed by atoms with Crippen molar-refractivity contribution < 1.29 is 22.3 Å². The normalized spacial score (nSPS) is 17.8. The van der Waals surface area contributed by atoms with Crippen molar-refractivity contribution in [3.63, 3.8) is 0 Å². The quantitative estimate of drug-likeness (QED) is 0.536. The van der Waals surface area contributed by atoms with Gasteiger partial charge in [-0.3, -0.25) is 4.79 Å². The summed E-state index contributed by atoms with van der Waals surface area (Å²) < 4.78 is 43.3. The summed E-state index contributed by atoms with van der Waals surface area (Å²) in [5.41, 5.74) is 0.514. The minimum atomic E-state index is -3.27. The van der Waals surface area contributed by atoms with E-state index in [4.69, 9.17) is 4.74 Å². The maximum absolute atomic E-state index is 13.3. The highest BCUT2D eigenvalue weighted by molar-refractivity contribution is 7.88. The topological polar surface area (TPSA) is 134 Å². The maximum Gasteiger partial charge on any atom is 0.242 e. The van der Waals surface area contributed by atoms with Gasteiger partial charge in [-0.05, 0) is 12.1 Å². The lowest BCUT2D eigenvalue weighted by atomic mass is 10.3. The molecule has 2 fully saturated rings. The minimum absolute atomic E-state index is 0.0629. The third-order valence-electron chi connectivity index (χ3n) is 5.36. The van der Waals surface area contributed by atoms with E-state index in [-0.39, 0.29) is 31.5 Å². The van der Waals surface area contributed by atoms with Crippen molar-refractivity contribution in [2.24, 2.45) is 0 Å². The summed E-state index contributed by atoms with van der Waals surface area (Å²) in [6, 6.07) is 2.75. The van der Waals surface area contributed by atoms with Gasteiger partial charge in [-0.25, -0.2) is 13.4 Å². The SMILES string of the molecule is CS(=O)(=O)N1CCN(C(=O)CNc2nc(-c3ccc(F)nc3)nc(N3CCOCC3)n2)CC1. The van der Waals surface area contributed by atoms with E-state index < -0.39 is 16.0 Å². The molecule has 0 atom stereocenters. The molecule has 2 aliphatic heterocycles. The van der Waals surface area contributed by atoms with E-state index >= 15 is 0 Å². The van der Waals surface area contributed by atoms with E-state index in [1.807, 2.05) is 4.90 Å². The van der Waals surface area contributed by atoms with E-state index in [1.165, 1.54) is 22.6 Å². The summed E-state index contributed by atoms with van der Waals surface area (Å²) in [5, 5.41) is 2.95. The largest absolute Gasteiger partial charge is 0.378 e. The van der Waals surface area contributed by atoms with Crippen LogP contribution in [0.1, 0.15) is 0 Å². The predicted molar refractivity (Wildman–Crippen MR) is 118 cm³/mol. The molecule has 0 aromatic carbocycles. The zero-order chi connectivity index (χ0) is 23.4. The number of aromatic nitrogens is 4. The second-order valence-corrected chi connectivity index (χ2v) is 9.63. The number of nitrogens with one attached hydrogen (secondary N) is 1. The molecular weight excluding hydrogens is 455 g/mol. The molecule has 12 nitrogen and oxygen atoms in total. The number of nitrogens with zero attached hydrogens (tertiary/aromatic N) is 7. The van der Waals surface area contributed by atoms with Gasteiger partial charge in [0, 0.05) is 51.0 Å². The number of sulfonamides is 1. The molecule has 178 valence electrons. The van der Waals surface area contributed by atoms with Gasteiger partial charge in [0.15, 0.2) is 5.82 Å². The second kappa shape index (κ2) is 9.89. The maximum atomic E-state index is 13.3. The fourth-order valence-corrected chi connectivity index (χ4v) is 4.35. The van der Waals surface area contributed by atoms with Gasteiger partial charge in [-0.15, -0.1) is 0 Å². The molecule has 1 N–H and O–H groups in total. The van der Waals surface area contributed by atoms with E-state index in [1.54, 1.807) is 4.90 Å². The van der Waals surface area contributed by atoms with Crippen LogP contribution in [0.3, 0.4) is 0 Å². The smallest absolute Gasteiger partial charge is 0.242 e. The molecule has 0 spiro atoms. The van der Waals surface area contributed by atoms with E-state index in [0.717, 1.165) is 6.26 Å². The highest BCUT2D eigenvalue weighted by Gasteiger charge is 2.26. The fourth-order valence-electron chi connectivity index (χ4n) is 3.52.